The Hall–Kier alpha value is -3.33. The molecule has 0 fully saturated rings. The first kappa shape index (κ1) is 18.5. The van der Waals surface area contributed by atoms with Gasteiger partial charge in [0, 0.05) is 5.57 Å². The third-order valence-corrected chi connectivity index (χ3v) is 4.52. The number of ether oxygens (including phenoxy) is 1. The van der Waals surface area contributed by atoms with Crippen molar-refractivity contribution < 1.29 is 14.6 Å². The predicted octanol–water partition coefficient (Wildman–Crippen LogP) is 5.36. The number of benzene rings is 3. The molecule has 136 valence electrons. The van der Waals surface area contributed by atoms with Crippen LogP contribution in [0.5, 0.6) is 5.75 Å². The molecule has 0 spiro atoms. The summed E-state index contributed by atoms with van der Waals surface area (Å²) in [6.07, 6.45) is 0. The normalized spacial score (nSPS) is 11.7. The second kappa shape index (κ2) is 7.92. The average Bonchev–Trinajstić information content (AvgIpc) is 2.68. The van der Waals surface area contributed by atoms with Crippen LogP contribution in [0.15, 0.2) is 72.8 Å². The van der Waals surface area contributed by atoms with Gasteiger partial charge in [0.15, 0.2) is 0 Å². The zero-order valence-corrected chi connectivity index (χ0v) is 15.7. The maximum Gasteiger partial charge on any atom is 0.336 e. The van der Waals surface area contributed by atoms with Gasteiger partial charge in [0.25, 0.3) is 0 Å². The highest BCUT2D eigenvalue weighted by Gasteiger charge is 2.20. The van der Waals surface area contributed by atoms with E-state index in [-0.39, 0.29) is 5.57 Å². The lowest BCUT2D eigenvalue weighted by atomic mass is 9.89. The van der Waals surface area contributed by atoms with Gasteiger partial charge in [0.05, 0.1) is 12.7 Å². The molecule has 0 aliphatic rings. The van der Waals surface area contributed by atoms with Gasteiger partial charge in [-0.15, -0.1) is 0 Å². The fraction of sp³-hybridized carbons (Fsp3) is 0.125. The summed E-state index contributed by atoms with van der Waals surface area (Å²) in [6, 6.07) is 23.0. The van der Waals surface area contributed by atoms with Crippen molar-refractivity contribution in [3.05, 3.63) is 101 Å². The summed E-state index contributed by atoms with van der Waals surface area (Å²) in [7, 11) is 1.61. The van der Waals surface area contributed by atoms with E-state index in [0.717, 1.165) is 28.0 Å². The maximum atomic E-state index is 12.3. The van der Waals surface area contributed by atoms with Crippen LogP contribution in [-0.2, 0) is 4.79 Å². The van der Waals surface area contributed by atoms with Gasteiger partial charge in [0.1, 0.15) is 5.75 Å². The van der Waals surface area contributed by atoms with Crippen molar-refractivity contribution in [2.75, 3.05) is 7.11 Å². The molecule has 0 saturated heterocycles. The van der Waals surface area contributed by atoms with Crippen LogP contribution >= 0.6 is 0 Å². The van der Waals surface area contributed by atoms with Crippen molar-refractivity contribution in [3.8, 4) is 5.75 Å². The zero-order valence-electron chi connectivity index (χ0n) is 15.7. The fourth-order valence-electron chi connectivity index (χ4n) is 3.03. The molecule has 3 heteroatoms. The standard InChI is InChI=1S/C24H22O3/c1-16-4-8-18(9-5-16)22(19-12-14-21(27-3)15-13-19)23(24(25)26)20-10-6-17(2)7-11-20/h4-15H,1-3H3,(H,25,26)/b23-22-. The van der Waals surface area contributed by atoms with Crippen molar-refractivity contribution >= 4 is 17.1 Å². The van der Waals surface area contributed by atoms with Crippen molar-refractivity contribution in [2.24, 2.45) is 0 Å². The van der Waals surface area contributed by atoms with E-state index in [0.29, 0.717) is 11.1 Å². The molecule has 0 saturated carbocycles. The molecule has 0 unspecified atom stereocenters. The minimum absolute atomic E-state index is 0.281. The van der Waals surface area contributed by atoms with Gasteiger partial charge in [0.2, 0.25) is 0 Å². The monoisotopic (exact) mass is 358 g/mol. The summed E-state index contributed by atoms with van der Waals surface area (Å²) < 4.78 is 5.24. The third-order valence-electron chi connectivity index (χ3n) is 4.52. The largest absolute Gasteiger partial charge is 0.497 e. The molecular weight excluding hydrogens is 336 g/mol. The van der Waals surface area contributed by atoms with Crippen LogP contribution in [0.2, 0.25) is 0 Å². The van der Waals surface area contributed by atoms with Gasteiger partial charge in [-0.05, 0) is 42.7 Å². The fourth-order valence-corrected chi connectivity index (χ4v) is 3.03. The van der Waals surface area contributed by atoms with Crippen LogP contribution in [0, 0.1) is 13.8 Å². The van der Waals surface area contributed by atoms with Crippen molar-refractivity contribution in [1.82, 2.24) is 0 Å². The van der Waals surface area contributed by atoms with E-state index < -0.39 is 5.97 Å². The molecular formula is C24H22O3. The molecule has 27 heavy (non-hydrogen) atoms. The molecule has 0 aromatic heterocycles. The summed E-state index contributed by atoms with van der Waals surface area (Å²) in [5, 5.41) is 10.1. The number of methoxy groups -OCH3 is 1. The molecule has 0 amide bonds. The van der Waals surface area contributed by atoms with Crippen LogP contribution in [0.1, 0.15) is 27.8 Å². The smallest absolute Gasteiger partial charge is 0.336 e. The van der Waals surface area contributed by atoms with Crippen molar-refractivity contribution in [2.45, 2.75) is 13.8 Å². The Morgan fingerprint density at radius 3 is 1.52 bits per heavy atom. The van der Waals surface area contributed by atoms with Crippen molar-refractivity contribution in [3.63, 3.8) is 0 Å². The van der Waals surface area contributed by atoms with Gasteiger partial charge in [-0.2, -0.15) is 0 Å². The Balaban J connectivity index is 2.30. The Bertz CT molecular complexity index is 964. The first-order valence-electron chi connectivity index (χ1n) is 8.75. The van der Waals surface area contributed by atoms with E-state index in [2.05, 4.69) is 0 Å². The minimum Gasteiger partial charge on any atom is -0.497 e. The lowest BCUT2D eigenvalue weighted by molar-refractivity contribution is -0.130. The van der Waals surface area contributed by atoms with E-state index in [1.54, 1.807) is 7.11 Å². The highest BCUT2D eigenvalue weighted by atomic mass is 16.5. The number of hydrogen-bond acceptors (Lipinski definition) is 2. The second-order valence-electron chi connectivity index (χ2n) is 6.52. The highest BCUT2D eigenvalue weighted by molar-refractivity contribution is 6.26. The third kappa shape index (κ3) is 4.09. The summed E-state index contributed by atoms with van der Waals surface area (Å²) in [6.45, 7) is 4.00. The minimum atomic E-state index is -0.953. The molecule has 3 nitrogen and oxygen atoms in total. The maximum absolute atomic E-state index is 12.3. The molecule has 0 bridgehead atoms. The van der Waals surface area contributed by atoms with Gasteiger partial charge >= 0.3 is 5.97 Å². The van der Waals surface area contributed by atoms with E-state index in [1.807, 2.05) is 86.6 Å². The number of rotatable bonds is 5. The molecule has 3 rings (SSSR count). The van der Waals surface area contributed by atoms with Crippen LogP contribution in [0.25, 0.3) is 11.1 Å². The van der Waals surface area contributed by atoms with Crippen LogP contribution in [-0.4, -0.2) is 18.2 Å². The highest BCUT2D eigenvalue weighted by Crippen LogP contribution is 2.33. The summed E-state index contributed by atoms with van der Waals surface area (Å²) in [4.78, 5) is 12.3. The van der Waals surface area contributed by atoms with E-state index >= 15 is 0 Å². The lowest BCUT2D eigenvalue weighted by Crippen LogP contribution is -2.05. The molecule has 0 heterocycles. The predicted molar refractivity (Wildman–Crippen MR) is 109 cm³/mol. The molecule has 0 radical (unpaired) electrons. The molecule has 3 aromatic carbocycles. The van der Waals surface area contributed by atoms with E-state index in [9.17, 15) is 9.90 Å². The second-order valence-corrected chi connectivity index (χ2v) is 6.52. The Morgan fingerprint density at radius 1 is 0.704 bits per heavy atom. The Morgan fingerprint density at radius 2 is 1.11 bits per heavy atom. The molecule has 0 atom stereocenters. The molecule has 0 aliphatic heterocycles. The van der Waals surface area contributed by atoms with Gasteiger partial charge in [-0.3, -0.25) is 0 Å². The van der Waals surface area contributed by atoms with Gasteiger partial charge < -0.3 is 9.84 Å². The number of carboxylic acids is 1. The van der Waals surface area contributed by atoms with E-state index in [4.69, 9.17) is 4.74 Å². The average molecular weight is 358 g/mol. The van der Waals surface area contributed by atoms with Crippen LogP contribution in [0.4, 0.5) is 0 Å². The first-order chi connectivity index (χ1) is 13.0. The SMILES string of the molecule is COc1ccc(/C(=C(\C(=O)O)c2ccc(C)cc2)c2ccc(C)cc2)cc1. The number of aryl methyl sites for hydroxylation is 2. The molecule has 0 aliphatic carbocycles. The summed E-state index contributed by atoms with van der Waals surface area (Å²) >= 11 is 0. The molecule has 1 N–H and O–H groups in total. The van der Waals surface area contributed by atoms with Crippen LogP contribution in [0.3, 0.4) is 0 Å². The number of hydrogen-bond donors (Lipinski definition) is 1. The lowest BCUT2D eigenvalue weighted by Gasteiger charge is -2.15. The van der Waals surface area contributed by atoms with E-state index in [1.165, 1.54) is 0 Å². The van der Waals surface area contributed by atoms with Crippen LogP contribution < -0.4 is 4.74 Å². The topological polar surface area (TPSA) is 46.5 Å². The summed E-state index contributed by atoms with van der Waals surface area (Å²) in [5.41, 5.74) is 5.56. The number of carboxylic acid groups (broad SMARTS) is 1. The Kier molecular flexibility index (Phi) is 5.41. The molecule has 3 aromatic rings. The first-order valence-corrected chi connectivity index (χ1v) is 8.75. The van der Waals surface area contributed by atoms with Crippen molar-refractivity contribution in [1.29, 1.82) is 0 Å². The number of carbonyl (C=O) groups is 1. The number of aliphatic carboxylic acids is 1. The zero-order chi connectivity index (χ0) is 19.4. The Labute approximate surface area is 159 Å². The van der Waals surface area contributed by atoms with Gasteiger partial charge in [-0.25, -0.2) is 4.79 Å². The summed E-state index contributed by atoms with van der Waals surface area (Å²) in [5.74, 6) is -0.223. The quantitative estimate of drug-likeness (QED) is 0.494. The van der Waals surface area contributed by atoms with Gasteiger partial charge in [-0.1, -0.05) is 71.8 Å².